The van der Waals surface area contributed by atoms with E-state index in [4.69, 9.17) is 14.3 Å². The summed E-state index contributed by atoms with van der Waals surface area (Å²) in [6.45, 7) is 9.20. The summed E-state index contributed by atoms with van der Waals surface area (Å²) in [4.78, 5) is 31.8. The van der Waals surface area contributed by atoms with Crippen molar-refractivity contribution in [3.8, 4) is 5.75 Å². The number of hydroxylamine groups is 2. The molecule has 1 aliphatic heterocycles. The van der Waals surface area contributed by atoms with Gasteiger partial charge < -0.3 is 14.4 Å². The first-order chi connectivity index (χ1) is 13.2. The van der Waals surface area contributed by atoms with Crippen LogP contribution >= 0.6 is 0 Å². The second-order valence-electron chi connectivity index (χ2n) is 8.08. The summed E-state index contributed by atoms with van der Waals surface area (Å²) in [5, 5.41) is 1.29. The third-order valence-electron chi connectivity index (χ3n) is 4.43. The number of ether oxygens (including phenoxy) is 2. The standard InChI is InChI=1S/C21H32N2O5/c1-16-7-6-8-18(15-16)26-13-14-27-22(5)19(24)17-9-11-23(12-10-17)20(25)28-21(2,3)4/h6-8,15,17H,9-14H2,1-5H3. The van der Waals surface area contributed by atoms with Crippen molar-refractivity contribution in [3.63, 3.8) is 0 Å². The second kappa shape index (κ2) is 9.78. The van der Waals surface area contributed by atoms with Crippen LogP contribution in [0.3, 0.4) is 0 Å². The van der Waals surface area contributed by atoms with Gasteiger partial charge in [0.1, 0.15) is 24.6 Å². The van der Waals surface area contributed by atoms with Crippen LogP contribution in [0.4, 0.5) is 4.79 Å². The number of benzene rings is 1. The van der Waals surface area contributed by atoms with Gasteiger partial charge in [-0.25, -0.2) is 9.86 Å². The van der Waals surface area contributed by atoms with Crippen molar-refractivity contribution in [2.24, 2.45) is 5.92 Å². The molecule has 7 heteroatoms. The lowest BCUT2D eigenvalue weighted by atomic mass is 9.96. The minimum Gasteiger partial charge on any atom is -0.491 e. The van der Waals surface area contributed by atoms with Gasteiger partial charge in [0.05, 0.1) is 0 Å². The minimum atomic E-state index is -0.516. The van der Waals surface area contributed by atoms with E-state index in [1.807, 2.05) is 52.0 Å². The van der Waals surface area contributed by atoms with Crippen molar-refractivity contribution in [1.82, 2.24) is 9.96 Å². The van der Waals surface area contributed by atoms with E-state index in [1.54, 1.807) is 11.9 Å². The molecule has 1 saturated heterocycles. The second-order valence-corrected chi connectivity index (χ2v) is 8.08. The Morgan fingerprint density at radius 1 is 1.18 bits per heavy atom. The van der Waals surface area contributed by atoms with Crippen molar-refractivity contribution in [2.75, 3.05) is 33.4 Å². The Kier molecular flexibility index (Phi) is 7.69. The first kappa shape index (κ1) is 22.0. The summed E-state index contributed by atoms with van der Waals surface area (Å²) in [7, 11) is 1.62. The quantitative estimate of drug-likeness (QED) is 0.548. The number of carbonyl (C=O) groups excluding carboxylic acids is 2. The van der Waals surface area contributed by atoms with Crippen molar-refractivity contribution >= 4 is 12.0 Å². The predicted molar refractivity (Wildman–Crippen MR) is 106 cm³/mol. The number of amides is 2. The highest BCUT2D eigenvalue weighted by Gasteiger charge is 2.31. The van der Waals surface area contributed by atoms with E-state index in [0.29, 0.717) is 32.5 Å². The summed E-state index contributed by atoms with van der Waals surface area (Å²) < 4.78 is 11.0. The molecule has 1 fully saturated rings. The van der Waals surface area contributed by atoms with Gasteiger partial charge in [0, 0.05) is 26.1 Å². The van der Waals surface area contributed by atoms with E-state index in [1.165, 1.54) is 5.06 Å². The highest BCUT2D eigenvalue weighted by Crippen LogP contribution is 2.21. The molecule has 0 unspecified atom stereocenters. The maximum absolute atomic E-state index is 12.5. The van der Waals surface area contributed by atoms with Gasteiger partial charge in [0.25, 0.3) is 0 Å². The molecule has 7 nitrogen and oxygen atoms in total. The minimum absolute atomic E-state index is 0.0700. The molecule has 2 amide bonds. The molecular weight excluding hydrogens is 360 g/mol. The lowest BCUT2D eigenvalue weighted by Crippen LogP contribution is -2.45. The predicted octanol–water partition coefficient (Wildman–Crippen LogP) is 3.41. The number of hydrogen-bond donors (Lipinski definition) is 0. The van der Waals surface area contributed by atoms with Gasteiger partial charge in [-0.1, -0.05) is 12.1 Å². The van der Waals surface area contributed by atoms with Crippen molar-refractivity contribution in [2.45, 2.75) is 46.1 Å². The molecule has 0 spiro atoms. The van der Waals surface area contributed by atoms with E-state index in [0.717, 1.165) is 11.3 Å². The summed E-state index contributed by atoms with van der Waals surface area (Å²) in [5.74, 6) is 0.563. The fourth-order valence-electron chi connectivity index (χ4n) is 3.00. The molecule has 0 aromatic heterocycles. The third-order valence-corrected chi connectivity index (χ3v) is 4.43. The molecule has 1 aromatic carbocycles. The fourth-order valence-corrected chi connectivity index (χ4v) is 3.00. The number of rotatable bonds is 6. The Morgan fingerprint density at radius 3 is 2.46 bits per heavy atom. The van der Waals surface area contributed by atoms with Crippen molar-refractivity contribution in [1.29, 1.82) is 0 Å². The number of hydrogen-bond acceptors (Lipinski definition) is 5. The van der Waals surface area contributed by atoms with Crippen molar-refractivity contribution in [3.05, 3.63) is 29.8 Å². The van der Waals surface area contributed by atoms with E-state index >= 15 is 0 Å². The molecule has 0 atom stereocenters. The average molecular weight is 392 g/mol. The lowest BCUT2D eigenvalue weighted by molar-refractivity contribution is -0.186. The molecule has 0 aliphatic carbocycles. The van der Waals surface area contributed by atoms with Gasteiger partial charge in [-0.05, 0) is 58.2 Å². The first-order valence-corrected chi connectivity index (χ1v) is 9.73. The van der Waals surface area contributed by atoms with Gasteiger partial charge in [0.15, 0.2) is 0 Å². The molecule has 0 bridgehead atoms. The summed E-state index contributed by atoms with van der Waals surface area (Å²) in [5.41, 5.74) is 0.613. The van der Waals surface area contributed by atoms with Crippen LogP contribution in [0.15, 0.2) is 24.3 Å². The monoisotopic (exact) mass is 392 g/mol. The summed E-state index contributed by atoms with van der Waals surface area (Å²) in [6, 6.07) is 7.78. The van der Waals surface area contributed by atoms with Crippen LogP contribution in [0.5, 0.6) is 5.75 Å². The molecule has 0 saturated carbocycles. The Balaban J connectivity index is 1.68. The van der Waals surface area contributed by atoms with Crippen LogP contribution in [0, 0.1) is 12.8 Å². The van der Waals surface area contributed by atoms with E-state index in [-0.39, 0.29) is 24.5 Å². The van der Waals surface area contributed by atoms with Crippen LogP contribution in [-0.2, 0) is 14.4 Å². The van der Waals surface area contributed by atoms with Gasteiger partial charge in [0.2, 0.25) is 5.91 Å². The number of nitrogens with zero attached hydrogens (tertiary/aromatic N) is 2. The molecule has 1 aromatic rings. The topological polar surface area (TPSA) is 68.3 Å². The summed E-state index contributed by atoms with van der Waals surface area (Å²) >= 11 is 0. The smallest absolute Gasteiger partial charge is 0.410 e. The van der Waals surface area contributed by atoms with Crippen LogP contribution in [-0.4, -0.2) is 60.9 Å². The normalized spacial score (nSPS) is 15.2. The van der Waals surface area contributed by atoms with Crippen molar-refractivity contribution < 1.29 is 23.9 Å². The molecule has 156 valence electrons. The molecule has 1 heterocycles. The maximum atomic E-state index is 12.5. The SMILES string of the molecule is Cc1cccc(OCCON(C)C(=O)C2CCN(C(=O)OC(C)(C)C)CC2)c1. The Labute approximate surface area is 167 Å². The zero-order valence-electron chi connectivity index (χ0n) is 17.6. The van der Waals surface area contributed by atoms with E-state index in [9.17, 15) is 9.59 Å². The Morgan fingerprint density at radius 2 is 1.86 bits per heavy atom. The van der Waals surface area contributed by atoms with Crippen LogP contribution in [0.2, 0.25) is 0 Å². The zero-order valence-corrected chi connectivity index (χ0v) is 17.6. The van der Waals surface area contributed by atoms with Crippen LogP contribution in [0.25, 0.3) is 0 Å². The Hall–Kier alpha value is -2.28. The first-order valence-electron chi connectivity index (χ1n) is 9.73. The number of likely N-dealkylation sites (tertiary alicyclic amines) is 1. The van der Waals surface area contributed by atoms with Crippen LogP contribution < -0.4 is 4.74 Å². The average Bonchev–Trinajstić information content (AvgIpc) is 2.63. The zero-order chi connectivity index (χ0) is 20.7. The molecule has 2 rings (SSSR count). The van der Waals surface area contributed by atoms with Crippen LogP contribution in [0.1, 0.15) is 39.2 Å². The third kappa shape index (κ3) is 7.03. The van der Waals surface area contributed by atoms with Gasteiger partial charge in [-0.2, -0.15) is 0 Å². The molecule has 1 aliphatic rings. The van der Waals surface area contributed by atoms with Gasteiger partial charge >= 0.3 is 6.09 Å². The molecule has 0 N–H and O–H groups in total. The van der Waals surface area contributed by atoms with E-state index < -0.39 is 5.60 Å². The number of carbonyl (C=O) groups is 2. The summed E-state index contributed by atoms with van der Waals surface area (Å²) in [6.07, 6.45) is 0.883. The maximum Gasteiger partial charge on any atom is 0.410 e. The largest absolute Gasteiger partial charge is 0.491 e. The Bertz CT molecular complexity index is 663. The molecule has 28 heavy (non-hydrogen) atoms. The van der Waals surface area contributed by atoms with E-state index in [2.05, 4.69) is 0 Å². The van der Waals surface area contributed by atoms with Gasteiger partial charge in [-0.3, -0.25) is 9.63 Å². The highest BCUT2D eigenvalue weighted by molar-refractivity contribution is 5.78. The lowest BCUT2D eigenvalue weighted by Gasteiger charge is -2.34. The molecular formula is C21H32N2O5. The molecule has 0 radical (unpaired) electrons. The highest BCUT2D eigenvalue weighted by atomic mass is 16.7. The fraction of sp³-hybridized carbons (Fsp3) is 0.619. The van der Waals surface area contributed by atoms with Gasteiger partial charge in [-0.15, -0.1) is 0 Å². The number of aryl methyl sites for hydroxylation is 1. The number of piperidine rings is 1.